The molecule has 2 aromatic rings. The molecule has 0 saturated carbocycles. The first-order valence-corrected chi connectivity index (χ1v) is 6.48. The number of amides is 1. The smallest absolute Gasteiger partial charge is 0.254 e. The lowest BCUT2D eigenvalue weighted by molar-refractivity contribution is -0.0124. The molecule has 1 fully saturated rings. The third-order valence-electron chi connectivity index (χ3n) is 3.26. The van der Waals surface area contributed by atoms with E-state index in [0.29, 0.717) is 25.3 Å². The van der Waals surface area contributed by atoms with E-state index in [1.54, 1.807) is 16.8 Å². The summed E-state index contributed by atoms with van der Waals surface area (Å²) in [5, 5.41) is 11.0. The topological polar surface area (TPSA) is 73.1 Å². The number of tetrazole rings is 1. The van der Waals surface area contributed by atoms with E-state index in [1.165, 1.54) is 6.33 Å². The molecule has 0 radical (unpaired) electrons. The van der Waals surface area contributed by atoms with Crippen LogP contribution < -0.4 is 0 Å². The molecule has 0 unspecified atom stereocenters. The quantitative estimate of drug-likeness (QED) is 0.797. The van der Waals surface area contributed by atoms with Gasteiger partial charge in [-0.1, -0.05) is 0 Å². The molecule has 0 aliphatic carbocycles. The monoisotopic (exact) mass is 273 g/mol. The molecule has 1 aromatic heterocycles. The molecule has 1 atom stereocenters. The summed E-state index contributed by atoms with van der Waals surface area (Å²) in [6, 6.07) is 7.24. The largest absolute Gasteiger partial charge is 0.375 e. The standard InChI is InChI=1S/C13H15N5O2/c1-10-8-17(6-7-20-10)13(19)11-2-4-12(5-3-11)18-9-14-15-16-18/h2-5,9-10H,6-8H2,1H3/t10-/m1/s1. The molecule has 3 rings (SSSR count). The van der Waals surface area contributed by atoms with Crippen molar-refractivity contribution in [1.29, 1.82) is 0 Å². The minimum Gasteiger partial charge on any atom is -0.375 e. The Kier molecular flexibility index (Phi) is 3.42. The SMILES string of the molecule is C[C@@H]1CN(C(=O)c2ccc(-n3cnnn3)cc2)CCO1. The summed E-state index contributed by atoms with van der Waals surface area (Å²) in [6.07, 6.45) is 1.61. The van der Waals surface area contributed by atoms with Crippen LogP contribution in [0.25, 0.3) is 5.69 Å². The van der Waals surface area contributed by atoms with Crippen molar-refractivity contribution >= 4 is 5.91 Å². The molecule has 0 spiro atoms. The number of carbonyl (C=O) groups excluding carboxylic acids is 1. The van der Waals surface area contributed by atoms with Gasteiger partial charge in [-0.3, -0.25) is 4.79 Å². The number of hydrogen-bond acceptors (Lipinski definition) is 5. The molecular formula is C13H15N5O2. The highest BCUT2D eigenvalue weighted by Crippen LogP contribution is 2.13. The molecule has 0 bridgehead atoms. The van der Waals surface area contributed by atoms with Crippen LogP contribution in [0.4, 0.5) is 0 Å². The van der Waals surface area contributed by atoms with Gasteiger partial charge in [-0.25, -0.2) is 4.68 Å². The van der Waals surface area contributed by atoms with Crippen LogP contribution in [0.15, 0.2) is 30.6 Å². The van der Waals surface area contributed by atoms with Crippen molar-refractivity contribution in [2.24, 2.45) is 0 Å². The van der Waals surface area contributed by atoms with Crippen LogP contribution in [0.2, 0.25) is 0 Å². The molecule has 1 aliphatic rings. The van der Waals surface area contributed by atoms with E-state index in [0.717, 1.165) is 5.69 Å². The number of ether oxygens (including phenoxy) is 1. The van der Waals surface area contributed by atoms with Gasteiger partial charge >= 0.3 is 0 Å². The molecule has 2 heterocycles. The lowest BCUT2D eigenvalue weighted by atomic mass is 10.1. The third-order valence-corrected chi connectivity index (χ3v) is 3.26. The maximum Gasteiger partial charge on any atom is 0.254 e. The van der Waals surface area contributed by atoms with Crippen molar-refractivity contribution in [1.82, 2.24) is 25.1 Å². The van der Waals surface area contributed by atoms with E-state index in [-0.39, 0.29) is 12.0 Å². The van der Waals surface area contributed by atoms with Gasteiger partial charge in [0.15, 0.2) is 0 Å². The second kappa shape index (κ2) is 5.38. The normalized spacial score (nSPS) is 19.1. The van der Waals surface area contributed by atoms with Crippen LogP contribution in [-0.4, -0.2) is 56.8 Å². The first-order valence-electron chi connectivity index (χ1n) is 6.48. The van der Waals surface area contributed by atoms with Crippen molar-refractivity contribution in [3.63, 3.8) is 0 Å². The van der Waals surface area contributed by atoms with Gasteiger partial charge in [0.1, 0.15) is 6.33 Å². The summed E-state index contributed by atoms with van der Waals surface area (Å²) >= 11 is 0. The molecular weight excluding hydrogens is 258 g/mol. The van der Waals surface area contributed by atoms with Gasteiger partial charge in [0.2, 0.25) is 0 Å². The van der Waals surface area contributed by atoms with Crippen LogP contribution in [-0.2, 0) is 4.74 Å². The average molecular weight is 273 g/mol. The van der Waals surface area contributed by atoms with Gasteiger partial charge in [0.05, 0.1) is 18.4 Å². The van der Waals surface area contributed by atoms with Crippen molar-refractivity contribution in [2.45, 2.75) is 13.0 Å². The van der Waals surface area contributed by atoms with Crippen molar-refractivity contribution in [3.8, 4) is 5.69 Å². The maximum atomic E-state index is 12.4. The summed E-state index contributed by atoms with van der Waals surface area (Å²) < 4.78 is 6.99. The van der Waals surface area contributed by atoms with Gasteiger partial charge in [0, 0.05) is 18.7 Å². The van der Waals surface area contributed by atoms with Crippen LogP contribution in [0.1, 0.15) is 17.3 Å². The number of nitrogens with zero attached hydrogens (tertiary/aromatic N) is 5. The molecule has 7 heteroatoms. The molecule has 1 amide bonds. The van der Waals surface area contributed by atoms with Crippen molar-refractivity contribution in [2.75, 3.05) is 19.7 Å². The Balaban J connectivity index is 1.75. The van der Waals surface area contributed by atoms with E-state index < -0.39 is 0 Å². The van der Waals surface area contributed by atoms with E-state index in [9.17, 15) is 4.79 Å². The fourth-order valence-corrected chi connectivity index (χ4v) is 2.22. The fourth-order valence-electron chi connectivity index (χ4n) is 2.22. The van der Waals surface area contributed by atoms with Crippen LogP contribution in [0.5, 0.6) is 0 Å². The molecule has 1 saturated heterocycles. The highest BCUT2D eigenvalue weighted by Gasteiger charge is 2.22. The average Bonchev–Trinajstić information content (AvgIpc) is 3.01. The molecule has 1 aliphatic heterocycles. The van der Waals surface area contributed by atoms with E-state index in [2.05, 4.69) is 15.5 Å². The minimum atomic E-state index is 0.0309. The number of carbonyl (C=O) groups is 1. The second-order valence-corrected chi connectivity index (χ2v) is 4.73. The lowest BCUT2D eigenvalue weighted by Crippen LogP contribution is -2.44. The number of rotatable bonds is 2. The molecule has 104 valence electrons. The van der Waals surface area contributed by atoms with Gasteiger partial charge in [0.25, 0.3) is 5.91 Å². The minimum absolute atomic E-state index is 0.0309. The van der Waals surface area contributed by atoms with Crippen molar-refractivity contribution < 1.29 is 9.53 Å². The second-order valence-electron chi connectivity index (χ2n) is 4.73. The summed E-state index contributed by atoms with van der Waals surface area (Å²) in [5.74, 6) is 0.0309. The Bertz CT molecular complexity index is 581. The maximum absolute atomic E-state index is 12.4. The summed E-state index contributed by atoms with van der Waals surface area (Å²) in [5.41, 5.74) is 1.48. The number of hydrogen-bond donors (Lipinski definition) is 0. The van der Waals surface area contributed by atoms with Gasteiger partial charge < -0.3 is 9.64 Å². The zero-order valence-corrected chi connectivity index (χ0v) is 11.1. The number of benzene rings is 1. The predicted octanol–water partition coefficient (Wildman–Crippen LogP) is 0.523. The Morgan fingerprint density at radius 1 is 1.35 bits per heavy atom. The van der Waals surface area contributed by atoms with Gasteiger partial charge in [-0.05, 0) is 41.6 Å². The fraction of sp³-hybridized carbons (Fsp3) is 0.385. The molecule has 20 heavy (non-hydrogen) atoms. The van der Waals surface area contributed by atoms with Crippen molar-refractivity contribution in [3.05, 3.63) is 36.2 Å². The number of aromatic nitrogens is 4. The van der Waals surface area contributed by atoms with Crippen LogP contribution >= 0.6 is 0 Å². The highest BCUT2D eigenvalue weighted by atomic mass is 16.5. The van der Waals surface area contributed by atoms with E-state index >= 15 is 0 Å². The first-order chi connectivity index (χ1) is 9.74. The molecule has 7 nitrogen and oxygen atoms in total. The summed E-state index contributed by atoms with van der Waals surface area (Å²) in [4.78, 5) is 14.2. The van der Waals surface area contributed by atoms with Crippen LogP contribution in [0, 0.1) is 0 Å². The van der Waals surface area contributed by atoms with E-state index in [1.807, 2.05) is 24.0 Å². The first kappa shape index (κ1) is 12.7. The highest BCUT2D eigenvalue weighted by molar-refractivity contribution is 5.94. The molecule has 1 aromatic carbocycles. The van der Waals surface area contributed by atoms with Gasteiger partial charge in [-0.15, -0.1) is 5.10 Å². The third kappa shape index (κ3) is 2.53. The predicted molar refractivity (Wildman–Crippen MR) is 70.5 cm³/mol. The Morgan fingerprint density at radius 3 is 2.80 bits per heavy atom. The zero-order valence-electron chi connectivity index (χ0n) is 11.1. The Hall–Kier alpha value is -2.28. The Labute approximate surface area is 116 Å². The number of morpholine rings is 1. The Morgan fingerprint density at radius 2 is 2.15 bits per heavy atom. The van der Waals surface area contributed by atoms with Gasteiger partial charge in [-0.2, -0.15) is 0 Å². The lowest BCUT2D eigenvalue weighted by Gasteiger charge is -2.31. The summed E-state index contributed by atoms with van der Waals surface area (Å²) in [6.45, 7) is 3.83. The summed E-state index contributed by atoms with van der Waals surface area (Å²) in [7, 11) is 0. The van der Waals surface area contributed by atoms with Crippen LogP contribution in [0.3, 0.4) is 0 Å². The zero-order chi connectivity index (χ0) is 13.9. The van der Waals surface area contributed by atoms with E-state index in [4.69, 9.17) is 4.74 Å². The molecule has 0 N–H and O–H groups in total.